The van der Waals surface area contributed by atoms with Crippen molar-refractivity contribution in [3.8, 4) is 11.5 Å². The van der Waals surface area contributed by atoms with Crippen LogP contribution in [-0.4, -0.2) is 53.1 Å². The van der Waals surface area contributed by atoms with Crippen LogP contribution in [0.25, 0.3) is 0 Å². The van der Waals surface area contributed by atoms with Gasteiger partial charge in [0.25, 0.3) is 5.91 Å². The van der Waals surface area contributed by atoms with E-state index in [1.807, 2.05) is 6.07 Å². The Kier molecular flexibility index (Phi) is 6.47. The third kappa shape index (κ3) is 5.53. The predicted octanol–water partition coefficient (Wildman–Crippen LogP) is 3.07. The minimum absolute atomic E-state index is 0.206. The van der Waals surface area contributed by atoms with Crippen molar-refractivity contribution in [1.29, 1.82) is 0 Å². The van der Waals surface area contributed by atoms with E-state index in [0.29, 0.717) is 16.4 Å². The number of hydrogen-bond acceptors (Lipinski definition) is 4. The molecular formula is C21H19F3N2O5. The highest BCUT2D eigenvalue weighted by Gasteiger charge is 2.50. The maximum absolute atomic E-state index is 12.9. The summed E-state index contributed by atoms with van der Waals surface area (Å²) in [6, 6.07) is 13.4. The molecule has 0 aliphatic carbocycles. The van der Waals surface area contributed by atoms with Crippen LogP contribution in [0.4, 0.5) is 13.2 Å². The van der Waals surface area contributed by atoms with Crippen LogP contribution in [-0.2, 0) is 9.59 Å². The molecule has 1 fully saturated rings. The number of carbonyl (C=O) groups is 3. The van der Waals surface area contributed by atoms with Crippen LogP contribution in [0.1, 0.15) is 16.8 Å². The van der Waals surface area contributed by atoms with E-state index in [0.717, 1.165) is 0 Å². The fourth-order valence-corrected chi connectivity index (χ4v) is 3.24. The summed E-state index contributed by atoms with van der Waals surface area (Å²) in [5, 5.41) is 11.5. The van der Waals surface area contributed by atoms with Crippen molar-refractivity contribution in [2.75, 3.05) is 13.1 Å². The van der Waals surface area contributed by atoms with Crippen molar-refractivity contribution in [3.63, 3.8) is 0 Å². The predicted molar refractivity (Wildman–Crippen MR) is 103 cm³/mol. The van der Waals surface area contributed by atoms with Crippen LogP contribution in [0.15, 0.2) is 54.6 Å². The number of nitrogens with zero attached hydrogens (tertiary/aromatic N) is 1. The van der Waals surface area contributed by atoms with E-state index in [9.17, 15) is 27.6 Å². The van der Waals surface area contributed by atoms with E-state index < -0.39 is 55.4 Å². The van der Waals surface area contributed by atoms with Crippen molar-refractivity contribution in [3.05, 3.63) is 60.2 Å². The van der Waals surface area contributed by atoms with Gasteiger partial charge < -0.3 is 20.1 Å². The third-order valence-electron chi connectivity index (χ3n) is 4.86. The first kappa shape index (κ1) is 22.1. The van der Waals surface area contributed by atoms with Gasteiger partial charge in [0.1, 0.15) is 17.5 Å². The first-order valence-electron chi connectivity index (χ1n) is 9.35. The SMILES string of the molecule is O=C(NCC(=O)N1C[C@H](C(F)(F)F)C[C@H]1C(=O)O)c1ccc(Oc2ccccc2)cc1. The van der Waals surface area contributed by atoms with Gasteiger partial charge in [0.2, 0.25) is 5.91 Å². The Labute approximate surface area is 175 Å². The maximum atomic E-state index is 12.9. The quantitative estimate of drug-likeness (QED) is 0.726. The average Bonchev–Trinajstić information content (AvgIpc) is 3.20. The molecule has 2 aromatic rings. The van der Waals surface area contributed by atoms with Crippen LogP contribution in [0.3, 0.4) is 0 Å². The zero-order valence-corrected chi connectivity index (χ0v) is 16.1. The lowest BCUT2D eigenvalue weighted by molar-refractivity contribution is -0.171. The standard InChI is InChI=1S/C21H19F3N2O5/c22-21(23,24)14-10-17(20(29)30)26(12-14)18(27)11-25-19(28)13-6-8-16(9-7-13)31-15-4-2-1-3-5-15/h1-9,14,17H,10-12H2,(H,25,28)(H,29,30)/t14-,17+/m1/s1. The molecule has 0 saturated carbocycles. The number of rotatable bonds is 6. The maximum Gasteiger partial charge on any atom is 0.393 e. The Balaban J connectivity index is 1.57. The van der Waals surface area contributed by atoms with E-state index in [1.165, 1.54) is 12.1 Å². The summed E-state index contributed by atoms with van der Waals surface area (Å²) < 4.78 is 44.4. The van der Waals surface area contributed by atoms with Gasteiger partial charge >= 0.3 is 12.1 Å². The monoisotopic (exact) mass is 436 g/mol. The largest absolute Gasteiger partial charge is 0.480 e. The normalized spacial score (nSPS) is 18.5. The fourth-order valence-electron chi connectivity index (χ4n) is 3.24. The minimum Gasteiger partial charge on any atom is -0.480 e. The van der Waals surface area contributed by atoms with Gasteiger partial charge in [-0.1, -0.05) is 18.2 Å². The van der Waals surface area contributed by atoms with Gasteiger partial charge in [-0.3, -0.25) is 9.59 Å². The summed E-state index contributed by atoms with van der Waals surface area (Å²) >= 11 is 0. The second kappa shape index (κ2) is 9.07. The van der Waals surface area contributed by atoms with Crippen molar-refractivity contribution in [1.82, 2.24) is 10.2 Å². The Hall–Kier alpha value is -3.56. The molecule has 1 aliphatic rings. The molecule has 2 amide bonds. The molecule has 31 heavy (non-hydrogen) atoms. The van der Waals surface area contributed by atoms with E-state index in [2.05, 4.69) is 5.32 Å². The Morgan fingerprint density at radius 3 is 2.23 bits per heavy atom. The van der Waals surface area contributed by atoms with Crippen LogP contribution in [0, 0.1) is 5.92 Å². The number of benzene rings is 2. The molecule has 164 valence electrons. The third-order valence-corrected chi connectivity index (χ3v) is 4.86. The first-order chi connectivity index (χ1) is 14.6. The molecule has 2 atom stereocenters. The number of aliphatic carboxylic acids is 1. The number of carboxylic acid groups (broad SMARTS) is 1. The van der Waals surface area contributed by atoms with E-state index in [-0.39, 0.29) is 5.56 Å². The van der Waals surface area contributed by atoms with Crippen LogP contribution >= 0.6 is 0 Å². The van der Waals surface area contributed by atoms with Crippen LogP contribution in [0.2, 0.25) is 0 Å². The average molecular weight is 436 g/mol. The number of likely N-dealkylation sites (tertiary alicyclic amines) is 1. The van der Waals surface area contributed by atoms with E-state index >= 15 is 0 Å². The molecule has 0 radical (unpaired) electrons. The number of carbonyl (C=O) groups excluding carboxylic acids is 2. The highest BCUT2D eigenvalue weighted by atomic mass is 19.4. The fraction of sp³-hybridized carbons (Fsp3) is 0.286. The van der Waals surface area contributed by atoms with Gasteiger partial charge in [-0.15, -0.1) is 0 Å². The number of nitrogens with one attached hydrogen (secondary N) is 1. The van der Waals surface area contributed by atoms with Gasteiger partial charge in [-0.2, -0.15) is 13.2 Å². The van der Waals surface area contributed by atoms with Gasteiger partial charge in [-0.05, 0) is 42.8 Å². The summed E-state index contributed by atoms with van der Waals surface area (Å²) in [5.41, 5.74) is 0.206. The molecular weight excluding hydrogens is 417 g/mol. The molecule has 0 spiro atoms. The van der Waals surface area contributed by atoms with Crippen molar-refractivity contribution < 1.29 is 37.4 Å². The molecule has 2 N–H and O–H groups in total. The first-order valence-corrected chi connectivity index (χ1v) is 9.35. The van der Waals surface area contributed by atoms with Crippen molar-refractivity contribution in [2.45, 2.75) is 18.6 Å². The van der Waals surface area contributed by atoms with Gasteiger partial charge in [0.05, 0.1) is 12.5 Å². The molecule has 2 aromatic carbocycles. The van der Waals surface area contributed by atoms with Crippen LogP contribution < -0.4 is 10.1 Å². The minimum atomic E-state index is -4.60. The number of ether oxygens (including phenoxy) is 1. The van der Waals surface area contributed by atoms with Gasteiger partial charge in [0.15, 0.2) is 0 Å². The van der Waals surface area contributed by atoms with E-state index in [4.69, 9.17) is 9.84 Å². The lowest BCUT2D eigenvalue weighted by atomic mass is 10.1. The summed E-state index contributed by atoms with van der Waals surface area (Å²) in [6.07, 6.45) is -5.31. The number of amides is 2. The molecule has 1 heterocycles. The lowest BCUT2D eigenvalue weighted by Crippen LogP contribution is -2.45. The lowest BCUT2D eigenvalue weighted by Gasteiger charge is -2.21. The Morgan fingerprint density at radius 1 is 1.03 bits per heavy atom. The molecule has 1 aliphatic heterocycles. The topological polar surface area (TPSA) is 95.9 Å². The van der Waals surface area contributed by atoms with E-state index in [1.54, 1.807) is 36.4 Å². The number of hydrogen-bond donors (Lipinski definition) is 2. The molecule has 0 aromatic heterocycles. The molecule has 7 nitrogen and oxygen atoms in total. The zero-order chi connectivity index (χ0) is 22.6. The summed E-state index contributed by atoms with van der Waals surface area (Å²) in [7, 11) is 0. The van der Waals surface area contributed by atoms with Crippen LogP contribution in [0.5, 0.6) is 11.5 Å². The Morgan fingerprint density at radius 2 is 1.65 bits per heavy atom. The zero-order valence-electron chi connectivity index (χ0n) is 16.1. The Bertz CT molecular complexity index is 948. The van der Waals surface area contributed by atoms with Gasteiger partial charge in [0, 0.05) is 12.1 Å². The van der Waals surface area contributed by atoms with Gasteiger partial charge in [-0.25, -0.2) is 4.79 Å². The summed E-state index contributed by atoms with van der Waals surface area (Å²) in [6.45, 7) is -1.36. The number of halogens is 3. The highest BCUT2D eigenvalue weighted by molar-refractivity contribution is 5.97. The molecule has 1 saturated heterocycles. The smallest absolute Gasteiger partial charge is 0.393 e. The summed E-state index contributed by atoms with van der Waals surface area (Å²) in [4.78, 5) is 36.4. The molecule has 3 rings (SSSR count). The molecule has 10 heteroatoms. The second-order valence-electron chi connectivity index (χ2n) is 7.00. The van der Waals surface area contributed by atoms with Crippen molar-refractivity contribution >= 4 is 17.8 Å². The highest BCUT2D eigenvalue weighted by Crippen LogP contribution is 2.36. The number of carboxylic acids is 1. The molecule has 0 unspecified atom stereocenters. The number of para-hydroxylation sites is 1. The molecule has 0 bridgehead atoms. The summed E-state index contributed by atoms with van der Waals surface area (Å²) in [5.74, 6) is -3.85. The van der Waals surface area contributed by atoms with Crippen molar-refractivity contribution in [2.24, 2.45) is 5.92 Å². The second-order valence-corrected chi connectivity index (χ2v) is 7.00. The number of alkyl halides is 3.